The van der Waals surface area contributed by atoms with E-state index in [1.807, 2.05) is 0 Å². The van der Waals surface area contributed by atoms with Crippen LogP contribution in [0.25, 0.3) is 0 Å². The largest absolute Gasteiger partial charge is 0.494 e. The molecule has 0 amide bonds. The van der Waals surface area contributed by atoms with Crippen LogP contribution in [0.15, 0.2) is 41.3 Å². The highest BCUT2D eigenvalue weighted by Crippen LogP contribution is 2.30. The number of benzene rings is 2. The van der Waals surface area contributed by atoms with Gasteiger partial charge in [0.05, 0.1) is 26.2 Å². The van der Waals surface area contributed by atoms with E-state index in [-0.39, 0.29) is 10.6 Å². The minimum Gasteiger partial charge on any atom is -0.494 e. The van der Waals surface area contributed by atoms with Gasteiger partial charge in [-0.1, -0.05) is 6.07 Å². The third kappa shape index (κ3) is 4.21. The lowest BCUT2D eigenvalue weighted by molar-refractivity contribution is 0.354. The number of rotatable bonds is 7. The molecule has 1 unspecified atom stereocenters. The van der Waals surface area contributed by atoms with E-state index in [2.05, 4.69) is 4.72 Å². The van der Waals surface area contributed by atoms with Gasteiger partial charge in [-0.2, -0.15) is 0 Å². The summed E-state index contributed by atoms with van der Waals surface area (Å²) in [4.78, 5) is 0.0194. The summed E-state index contributed by atoms with van der Waals surface area (Å²) in [5.41, 5.74) is 0.474. The maximum Gasteiger partial charge on any atom is 0.241 e. The zero-order valence-corrected chi connectivity index (χ0v) is 15.2. The Bertz CT molecular complexity index is 854. The van der Waals surface area contributed by atoms with Crippen molar-refractivity contribution in [2.45, 2.75) is 17.9 Å². The predicted molar refractivity (Wildman–Crippen MR) is 91.2 cm³/mol. The Morgan fingerprint density at radius 1 is 0.920 bits per heavy atom. The number of halogens is 1. The molecule has 136 valence electrons. The molecule has 2 aromatic rings. The summed E-state index contributed by atoms with van der Waals surface area (Å²) in [7, 11) is 0.413. The van der Waals surface area contributed by atoms with Crippen LogP contribution in [0.1, 0.15) is 18.5 Å². The Labute approximate surface area is 146 Å². The molecule has 2 rings (SSSR count). The summed E-state index contributed by atoms with van der Waals surface area (Å²) in [5.74, 6) is 0.260. The van der Waals surface area contributed by atoms with Gasteiger partial charge in [0.15, 0.2) is 23.1 Å². The van der Waals surface area contributed by atoms with Gasteiger partial charge in [-0.05, 0) is 36.8 Å². The molecule has 0 saturated heterocycles. The Balaban J connectivity index is 2.27. The lowest BCUT2D eigenvalue weighted by atomic mass is 10.1. The van der Waals surface area contributed by atoms with Crippen LogP contribution >= 0.6 is 0 Å². The van der Waals surface area contributed by atoms with Gasteiger partial charge in [0, 0.05) is 12.1 Å². The second kappa shape index (κ2) is 7.71. The van der Waals surface area contributed by atoms with Crippen molar-refractivity contribution in [3.8, 4) is 17.2 Å². The van der Waals surface area contributed by atoms with E-state index in [9.17, 15) is 12.8 Å². The van der Waals surface area contributed by atoms with Crippen LogP contribution in [0.5, 0.6) is 17.2 Å². The van der Waals surface area contributed by atoms with E-state index < -0.39 is 21.9 Å². The molecule has 0 aliphatic carbocycles. The number of ether oxygens (including phenoxy) is 3. The van der Waals surface area contributed by atoms with Crippen molar-refractivity contribution in [3.05, 3.63) is 47.8 Å². The molecular weight excluding hydrogens is 349 g/mol. The van der Waals surface area contributed by atoms with Crippen molar-refractivity contribution in [3.63, 3.8) is 0 Å². The van der Waals surface area contributed by atoms with Crippen LogP contribution in [-0.2, 0) is 10.0 Å². The molecule has 6 nitrogen and oxygen atoms in total. The quantitative estimate of drug-likeness (QED) is 0.812. The first kappa shape index (κ1) is 19.0. The van der Waals surface area contributed by atoms with Gasteiger partial charge in [0.1, 0.15) is 0 Å². The molecular formula is C17H20FNO5S. The lowest BCUT2D eigenvalue weighted by Crippen LogP contribution is -2.27. The van der Waals surface area contributed by atoms with E-state index in [1.165, 1.54) is 51.7 Å². The topological polar surface area (TPSA) is 73.9 Å². The normalized spacial score (nSPS) is 12.5. The highest BCUT2D eigenvalue weighted by Gasteiger charge is 2.21. The van der Waals surface area contributed by atoms with E-state index >= 15 is 0 Å². The Morgan fingerprint density at radius 2 is 1.52 bits per heavy atom. The smallest absolute Gasteiger partial charge is 0.241 e. The summed E-state index contributed by atoms with van der Waals surface area (Å²) in [6.45, 7) is 1.62. The second-order valence-corrected chi connectivity index (χ2v) is 6.97. The van der Waals surface area contributed by atoms with Crippen LogP contribution in [0.3, 0.4) is 0 Å². The lowest BCUT2D eigenvalue weighted by Gasteiger charge is -2.16. The van der Waals surface area contributed by atoms with Crippen molar-refractivity contribution >= 4 is 10.0 Å². The van der Waals surface area contributed by atoms with Crippen LogP contribution in [0.4, 0.5) is 4.39 Å². The molecule has 0 aliphatic heterocycles. The highest BCUT2D eigenvalue weighted by atomic mass is 32.2. The molecule has 25 heavy (non-hydrogen) atoms. The summed E-state index contributed by atoms with van der Waals surface area (Å²) < 4.78 is 56.5. The van der Waals surface area contributed by atoms with Gasteiger partial charge in [-0.3, -0.25) is 0 Å². The molecule has 0 fully saturated rings. The molecule has 0 aromatic heterocycles. The maximum atomic E-state index is 13.8. The van der Waals surface area contributed by atoms with Crippen LogP contribution in [0, 0.1) is 5.82 Å². The van der Waals surface area contributed by atoms with E-state index in [4.69, 9.17) is 14.2 Å². The van der Waals surface area contributed by atoms with Crippen molar-refractivity contribution in [2.24, 2.45) is 0 Å². The first-order chi connectivity index (χ1) is 11.8. The summed E-state index contributed by atoms with van der Waals surface area (Å²) in [5, 5.41) is 0. The van der Waals surface area contributed by atoms with Gasteiger partial charge >= 0.3 is 0 Å². The van der Waals surface area contributed by atoms with Crippen molar-refractivity contribution in [1.29, 1.82) is 0 Å². The minimum absolute atomic E-state index is 0.0194. The van der Waals surface area contributed by atoms with E-state index in [0.717, 1.165) is 0 Å². The predicted octanol–water partition coefficient (Wildman–Crippen LogP) is 2.89. The Morgan fingerprint density at radius 3 is 2.08 bits per heavy atom. The molecule has 0 radical (unpaired) electrons. The Kier molecular flexibility index (Phi) is 5.86. The van der Waals surface area contributed by atoms with Crippen LogP contribution in [0.2, 0.25) is 0 Å². The number of hydrogen-bond donors (Lipinski definition) is 1. The Hall–Kier alpha value is -2.32. The standard InChI is InChI=1S/C17H20FNO5S/c1-11(12-5-7-15(22-2)14(18)9-12)19-25(20,21)13-6-8-16(23-3)17(10-13)24-4/h5-11,19H,1-4H3. The first-order valence-electron chi connectivity index (χ1n) is 7.40. The summed E-state index contributed by atoms with van der Waals surface area (Å²) in [6, 6.07) is 7.92. The summed E-state index contributed by atoms with van der Waals surface area (Å²) in [6.07, 6.45) is 0. The third-order valence-corrected chi connectivity index (χ3v) is 5.21. The average Bonchev–Trinajstić information content (AvgIpc) is 2.60. The van der Waals surface area contributed by atoms with Gasteiger partial charge in [0.25, 0.3) is 0 Å². The first-order valence-corrected chi connectivity index (χ1v) is 8.88. The van der Waals surface area contributed by atoms with Crippen LogP contribution < -0.4 is 18.9 Å². The number of hydrogen-bond acceptors (Lipinski definition) is 5. The van der Waals surface area contributed by atoms with Crippen molar-refractivity contribution < 1.29 is 27.0 Å². The number of nitrogens with one attached hydrogen (secondary N) is 1. The monoisotopic (exact) mass is 369 g/mol. The summed E-state index contributed by atoms with van der Waals surface area (Å²) >= 11 is 0. The zero-order valence-electron chi connectivity index (χ0n) is 14.4. The van der Waals surface area contributed by atoms with Crippen LogP contribution in [-0.4, -0.2) is 29.7 Å². The zero-order chi connectivity index (χ0) is 18.6. The second-order valence-electron chi connectivity index (χ2n) is 5.25. The third-order valence-electron chi connectivity index (χ3n) is 3.67. The molecule has 0 spiro atoms. The molecule has 2 aromatic carbocycles. The molecule has 0 aliphatic rings. The fourth-order valence-corrected chi connectivity index (χ4v) is 3.55. The SMILES string of the molecule is COc1ccc(C(C)NS(=O)(=O)c2ccc(OC)c(OC)c2)cc1F. The van der Waals surface area contributed by atoms with Gasteiger partial charge in [-0.25, -0.2) is 17.5 Å². The van der Waals surface area contributed by atoms with E-state index in [1.54, 1.807) is 13.0 Å². The fraction of sp³-hybridized carbons (Fsp3) is 0.294. The van der Waals surface area contributed by atoms with Crippen molar-refractivity contribution in [2.75, 3.05) is 21.3 Å². The highest BCUT2D eigenvalue weighted by molar-refractivity contribution is 7.89. The maximum absolute atomic E-state index is 13.8. The number of methoxy groups -OCH3 is 3. The van der Waals surface area contributed by atoms with Crippen molar-refractivity contribution in [1.82, 2.24) is 4.72 Å². The molecule has 0 saturated carbocycles. The molecule has 1 N–H and O–H groups in total. The fourth-order valence-electron chi connectivity index (χ4n) is 2.30. The molecule has 0 bridgehead atoms. The van der Waals surface area contributed by atoms with E-state index in [0.29, 0.717) is 17.1 Å². The minimum atomic E-state index is -3.83. The average molecular weight is 369 g/mol. The molecule has 0 heterocycles. The molecule has 8 heteroatoms. The van der Waals surface area contributed by atoms with Gasteiger partial charge in [0.2, 0.25) is 10.0 Å². The van der Waals surface area contributed by atoms with Gasteiger partial charge < -0.3 is 14.2 Å². The van der Waals surface area contributed by atoms with Gasteiger partial charge in [-0.15, -0.1) is 0 Å². The number of sulfonamides is 1. The molecule has 1 atom stereocenters.